The molecule has 2 aromatic rings. The number of hydrogen-bond donors (Lipinski definition) is 0. The predicted molar refractivity (Wildman–Crippen MR) is 109 cm³/mol. The van der Waals surface area contributed by atoms with E-state index in [4.69, 9.17) is 21.1 Å². The van der Waals surface area contributed by atoms with Crippen molar-refractivity contribution in [2.75, 3.05) is 0 Å². The summed E-state index contributed by atoms with van der Waals surface area (Å²) in [4.78, 5) is 25.0. The second-order valence-electron chi connectivity index (χ2n) is 7.04. The lowest BCUT2D eigenvalue weighted by atomic mass is 9.98. The van der Waals surface area contributed by atoms with Crippen LogP contribution >= 0.6 is 11.6 Å². The molecule has 28 heavy (non-hydrogen) atoms. The number of carbonyl (C=O) groups is 2. The van der Waals surface area contributed by atoms with Crippen molar-refractivity contribution in [2.45, 2.75) is 57.7 Å². The van der Waals surface area contributed by atoms with Crippen molar-refractivity contribution in [2.24, 2.45) is 0 Å². The van der Waals surface area contributed by atoms with Gasteiger partial charge in [0.25, 0.3) is 0 Å². The maximum absolute atomic E-state index is 12.6. The molecule has 0 bridgehead atoms. The van der Waals surface area contributed by atoms with Crippen LogP contribution in [0.4, 0.5) is 0 Å². The summed E-state index contributed by atoms with van der Waals surface area (Å²) in [6.07, 6.45) is 5.17. The number of halogens is 1. The molecule has 1 saturated carbocycles. The Labute approximate surface area is 170 Å². The van der Waals surface area contributed by atoms with Gasteiger partial charge in [-0.1, -0.05) is 37.1 Å². The second kappa shape index (κ2) is 9.74. The highest BCUT2D eigenvalue weighted by Crippen LogP contribution is 2.23. The minimum atomic E-state index is -0.646. The smallest absolute Gasteiger partial charge is 0.347 e. The number of hydrogen-bond acceptors (Lipinski definition) is 4. The van der Waals surface area contributed by atoms with Gasteiger partial charge in [-0.15, -0.1) is 0 Å². The van der Waals surface area contributed by atoms with Crippen LogP contribution in [0.5, 0.6) is 5.75 Å². The van der Waals surface area contributed by atoms with Crippen LogP contribution in [0.25, 0.3) is 0 Å². The Bertz CT molecular complexity index is 810. The van der Waals surface area contributed by atoms with Crippen LogP contribution in [0, 0.1) is 0 Å². The van der Waals surface area contributed by atoms with Gasteiger partial charge < -0.3 is 9.47 Å². The Morgan fingerprint density at radius 3 is 2.36 bits per heavy atom. The van der Waals surface area contributed by atoms with Gasteiger partial charge in [0.1, 0.15) is 11.9 Å². The third-order valence-corrected chi connectivity index (χ3v) is 5.31. The standard InChI is InChI=1S/C23H25ClO4/c1-2-21(23(26)28-17-8-4-3-5-9-17)27-18-14-12-16(13-15-18)22(25)19-10-6-7-11-20(19)24/h6-7,10-15,17,21H,2-5,8-9H2,1H3. The molecule has 4 nitrogen and oxygen atoms in total. The van der Waals surface area contributed by atoms with Crippen LogP contribution in [0.3, 0.4) is 0 Å². The Hall–Kier alpha value is -2.33. The molecule has 1 unspecified atom stereocenters. The molecular formula is C23H25ClO4. The van der Waals surface area contributed by atoms with Gasteiger partial charge in [0.2, 0.25) is 0 Å². The van der Waals surface area contributed by atoms with Crippen molar-refractivity contribution in [1.29, 1.82) is 0 Å². The highest BCUT2D eigenvalue weighted by molar-refractivity contribution is 6.34. The molecule has 1 atom stereocenters. The minimum Gasteiger partial charge on any atom is -0.479 e. The molecule has 148 valence electrons. The first kappa shape index (κ1) is 20.4. The van der Waals surface area contributed by atoms with Crippen LogP contribution in [0.1, 0.15) is 61.4 Å². The van der Waals surface area contributed by atoms with Gasteiger partial charge >= 0.3 is 5.97 Å². The van der Waals surface area contributed by atoms with Gasteiger partial charge in [0.05, 0.1) is 5.02 Å². The lowest BCUT2D eigenvalue weighted by Crippen LogP contribution is -2.32. The molecule has 0 aliphatic heterocycles. The van der Waals surface area contributed by atoms with Crippen molar-refractivity contribution in [1.82, 2.24) is 0 Å². The van der Waals surface area contributed by atoms with Gasteiger partial charge in [0.15, 0.2) is 11.9 Å². The zero-order valence-corrected chi connectivity index (χ0v) is 16.8. The number of ether oxygens (including phenoxy) is 2. The van der Waals surface area contributed by atoms with E-state index < -0.39 is 6.10 Å². The summed E-state index contributed by atoms with van der Waals surface area (Å²) >= 11 is 6.11. The first-order valence-corrected chi connectivity index (χ1v) is 10.2. The quantitative estimate of drug-likeness (QED) is 0.448. The Kier molecular flexibility index (Phi) is 7.10. The molecule has 1 aliphatic carbocycles. The summed E-state index contributed by atoms with van der Waals surface area (Å²) < 4.78 is 11.4. The van der Waals surface area contributed by atoms with Gasteiger partial charge in [-0.3, -0.25) is 4.79 Å². The van der Waals surface area contributed by atoms with Gasteiger partial charge in [-0.25, -0.2) is 4.79 Å². The third-order valence-electron chi connectivity index (χ3n) is 4.98. The zero-order valence-electron chi connectivity index (χ0n) is 16.0. The van der Waals surface area contributed by atoms with Gasteiger partial charge in [0, 0.05) is 11.1 Å². The normalized spacial score (nSPS) is 15.6. The largest absolute Gasteiger partial charge is 0.479 e. The lowest BCUT2D eigenvalue weighted by Gasteiger charge is -2.24. The van der Waals surface area contributed by atoms with E-state index in [2.05, 4.69) is 0 Å². The van der Waals surface area contributed by atoms with Crippen molar-refractivity contribution < 1.29 is 19.1 Å². The summed E-state index contributed by atoms with van der Waals surface area (Å²) in [5, 5.41) is 0.421. The van der Waals surface area contributed by atoms with Crippen molar-refractivity contribution in [3.05, 3.63) is 64.7 Å². The topological polar surface area (TPSA) is 52.6 Å². The minimum absolute atomic E-state index is 0.00881. The summed E-state index contributed by atoms with van der Waals surface area (Å²) in [5.74, 6) is 0.0645. The van der Waals surface area contributed by atoms with E-state index in [1.54, 1.807) is 48.5 Å². The molecule has 0 N–H and O–H groups in total. The fraction of sp³-hybridized carbons (Fsp3) is 0.391. The van der Waals surface area contributed by atoms with Crippen molar-refractivity contribution in [3.8, 4) is 5.75 Å². The monoisotopic (exact) mass is 400 g/mol. The van der Waals surface area contributed by atoms with E-state index in [9.17, 15) is 9.59 Å². The SMILES string of the molecule is CCC(Oc1ccc(C(=O)c2ccccc2Cl)cc1)C(=O)OC1CCCCC1. The first-order valence-electron chi connectivity index (χ1n) is 9.85. The van der Waals surface area contributed by atoms with Crippen LogP contribution < -0.4 is 4.74 Å². The van der Waals surface area contributed by atoms with E-state index in [1.165, 1.54) is 6.42 Å². The Morgan fingerprint density at radius 1 is 1.04 bits per heavy atom. The van der Waals surface area contributed by atoms with E-state index >= 15 is 0 Å². The van der Waals surface area contributed by atoms with E-state index in [0.717, 1.165) is 25.7 Å². The second-order valence-corrected chi connectivity index (χ2v) is 7.45. The summed E-state index contributed by atoms with van der Waals surface area (Å²) in [6, 6.07) is 13.7. The molecule has 5 heteroatoms. The highest BCUT2D eigenvalue weighted by Gasteiger charge is 2.25. The zero-order chi connectivity index (χ0) is 19.9. The van der Waals surface area contributed by atoms with Crippen LogP contribution in [-0.4, -0.2) is 24.0 Å². The third kappa shape index (κ3) is 5.14. The molecule has 2 aromatic carbocycles. The average Bonchev–Trinajstić information content (AvgIpc) is 2.73. The van der Waals surface area contributed by atoms with Gasteiger partial charge in [-0.05, 0) is 68.5 Å². The molecule has 0 saturated heterocycles. The number of ketones is 1. The molecule has 0 aromatic heterocycles. The molecule has 0 spiro atoms. The van der Waals surface area contributed by atoms with Crippen molar-refractivity contribution in [3.63, 3.8) is 0 Å². The van der Waals surface area contributed by atoms with E-state index in [1.807, 2.05) is 6.92 Å². The fourth-order valence-corrected chi connectivity index (χ4v) is 3.59. The van der Waals surface area contributed by atoms with Crippen LogP contribution in [-0.2, 0) is 9.53 Å². The molecule has 1 fully saturated rings. The average molecular weight is 401 g/mol. The number of benzene rings is 2. The maximum atomic E-state index is 12.6. The summed E-state index contributed by atoms with van der Waals surface area (Å²) in [7, 11) is 0. The maximum Gasteiger partial charge on any atom is 0.347 e. The molecule has 3 rings (SSSR count). The van der Waals surface area contributed by atoms with E-state index in [0.29, 0.717) is 28.3 Å². The lowest BCUT2D eigenvalue weighted by molar-refractivity contribution is -0.159. The fourth-order valence-electron chi connectivity index (χ4n) is 3.37. The number of rotatable bonds is 7. The number of carbonyl (C=O) groups excluding carboxylic acids is 2. The number of esters is 1. The van der Waals surface area contributed by atoms with Gasteiger partial charge in [-0.2, -0.15) is 0 Å². The predicted octanol–water partition coefficient (Wildman–Crippen LogP) is 5.60. The molecule has 0 radical (unpaired) electrons. The Morgan fingerprint density at radius 2 is 1.71 bits per heavy atom. The molecule has 0 heterocycles. The van der Waals surface area contributed by atoms with E-state index in [-0.39, 0.29) is 17.9 Å². The van der Waals surface area contributed by atoms with Crippen LogP contribution in [0.2, 0.25) is 5.02 Å². The van der Waals surface area contributed by atoms with Crippen LogP contribution in [0.15, 0.2) is 48.5 Å². The Balaban J connectivity index is 1.63. The first-order chi connectivity index (χ1) is 13.6. The van der Waals surface area contributed by atoms with Crippen molar-refractivity contribution >= 4 is 23.4 Å². The summed E-state index contributed by atoms with van der Waals surface area (Å²) in [6.45, 7) is 1.89. The molecule has 1 aliphatic rings. The molecular weight excluding hydrogens is 376 g/mol. The summed E-state index contributed by atoms with van der Waals surface area (Å²) in [5.41, 5.74) is 0.971. The molecule has 0 amide bonds. The highest BCUT2D eigenvalue weighted by atomic mass is 35.5.